The quantitative estimate of drug-likeness (QED) is 0.409. The summed E-state index contributed by atoms with van der Waals surface area (Å²) < 4.78 is 47.9. The number of hydrogen-bond donors (Lipinski definition) is 2. The molecule has 2 aromatic rings. The van der Waals surface area contributed by atoms with E-state index in [9.17, 15) is 23.2 Å². The maximum atomic E-state index is 13.7. The average Bonchev–Trinajstić information content (AvgIpc) is 2.91. The number of ether oxygens (including phenoxy) is 4. The van der Waals surface area contributed by atoms with Gasteiger partial charge in [-0.3, -0.25) is 9.59 Å². The molecule has 0 aliphatic heterocycles. The summed E-state index contributed by atoms with van der Waals surface area (Å²) in [6.07, 6.45) is -0.0254. The van der Waals surface area contributed by atoms with Crippen molar-refractivity contribution in [3.05, 3.63) is 65.2 Å². The number of hydrogen-bond acceptors (Lipinski definition) is 7. The van der Waals surface area contributed by atoms with Crippen LogP contribution in [-0.4, -0.2) is 48.4 Å². The fourth-order valence-corrected chi connectivity index (χ4v) is 5.25. The fourth-order valence-electron chi connectivity index (χ4n) is 5.01. The number of rotatable bonds is 9. The second kappa shape index (κ2) is 11.8. The topological polar surface area (TPSA) is 112 Å². The highest BCUT2D eigenvalue weighted by atomic mass is 35.5. The first kappa shape index (κ1) is 28.7. The van der Waals surface area contributed by atoms with Crippen molar-refractivity contribution in [2.24, 2.45) is 0 Å². The van der Waals surface area contributed by atoms with Crippen molar-refractivity contribution in [3.63, 3.8) is 0 Å². The summed E-state index contributed by atoms with van der Waals surface area (Å²) in [6.45, 7) is -0.792. The van der Waals surface area contributed by atoms with Gasteiger partial charge in [-0.2, -0.15) is 0 Å². The third-order valence-corrected chi connectivity index (χ3v) is 7.58. The molecule has 2 amide bonds. The van der Waals surface area contributed by atoms with Crippen LogP contribution in [0.2, 0.25) is 10.0 Å². The highest BCUT2D eigenvalue weighted by Gasteiger charge is 2.57. The standard InChI is InChI=1S/C26H25Cl2F2N2O7/c1-36-24(35)39-21-12-25(31-22(33)13-37-15-2-4-17(27)19(29)10-15)6-8-26(21,9-7-25)32-23(34)14-38-16-3-5-18(28)20(30)11-16/h2-5,10-11,21H,1,6-9,12-14H2,(H,31,33)(H,32,34). The Morgan fingerprint density at radius 1 is 0.872 bits per heavy atom. The lowest BCUT2D eigenvalue weighted by atomic mass is 9.59. The van der Waals surface area contributed by atoms with E-state index < -0.39 is 53.4 Å². The zero-order chi connectivity index (χ0) is 28.2. The van der Waals surface area contributed by atoms with Crippen LogP contribution in [0.15, 0.2) is 36.4 Å². The minimum absolute atomic E-state index is 0.0667. The van der Waals surface area contributed by atoms with Crippen molar-refractivity contribution in [1.82, 2.24) is 10.6 Å². The van der Waals surface area contributed by atoms with Gasteiger partial charge in [0, 0.05) is 24.1 Å². The zero-order valence-corrected chi connectivity index (χ0v) is 22.1. The van der Waals surface area contributed by atoms with Gasteiger partial charge in [-0.15, -0.1) is 0 Å². The Morgan fingerprint density at radius 3 is 1.87 bits per heavy atom. The molecule has 1 atom stereocenters. The molecule has 9 nitrogen and oxygen atoms in total. The molecule has 2 aromatic carbocycles. The normalized spacial score (nSPS) is 23.5. The van der Waals surface area contributed by atoms with Crippen LogP contribution in [0.4, 0.5) is 13.6 Å². The smallest absolute Gasteiger partial charge is 0.484 e. The van der Waals surface area contributed by atoms with Crippen LogP contribution in [0.5, 0.6) is 11.5 Å². The molecule has 1 unspecified atom stereocenters. The molecule has 0 heterocycles. The van der Waals surface area contributed by atoms with E-state index in [1.54, 1.807) is 0 Å². The minimum Gasteiger partial charge on any atom is -0.484 e. The molecule has 0 aromatic heterocycles. The lowest BCUT2D eigenvalue weighted by Crippen LogP contribution is -2.71. The molecule has 2 bridgehead atoms. The molecule has 0 saturated heterocycles. The summed E-state index contributed by atoms with van der Waals surface area (Å²) in [5, 5.41) is 5.71. The van der Waals surface area contributed by atoms with Crippen LogP contribution in [-0.2, 0) is 19.1 Å². The molecule has 39 heavy (non-hydrogen) atoms. The summed E-state index contributed by atoms with van der Waals surface area (Å²) in [5.74, 6) is -2.06. The van der Waals surface area contributed by atoms with Gasteiger partial charge in [0.25, 0.3) is 11.8 Å². The fraction of sp³-hybridized carbons (Fsp3) is 0.385. The van der Waals surface area contributed by atoms with Gasteiger partial charge in [0.15, 0.2) is 13.2 Å². The zero-order valence-electron chi connectivity index (χ0n) is 20.6. The first-order chi connectivity index (χ1) is 18.5. The summed E-state index contributed by atoms with van der Waals surface area (Å²) in [4.78, 5) is 37.4. The van der Waals surface area contributed by atoms with Crippen molar-refractivity contribution < 1.29 is 42.1 Å². The van der Waals surface area contributed by atoms with Gasteiger partial charge < -0.3 is 29.6 Å². The number of amides is 2. The number of carbonyl (C=O) groups is 3. The van der Waals surface area contributed by atoms with E-state index in [1.807, 2.05) is 0 Å². The van der Waals surface area contributed by atoms with Gasteiger partial charge in [0.05, 0.1) is 15.6 Å². The Kier molecular flexibility index (Phi) is 8.70. The summed E-state index contributed by atoms with van der Waals surface area (Å²) in [6, 6.07) is 7.64. The molecular weight excluding hydrogens is 561 g/mol. The molecule has 2 N–H and O–H groups in total. The minimum atomic E-state index is -1.04. The predicted octanol–water partition coefficient (Wildman–Crippen LogP) is 4.73. The first-order valence-electron chi connectivity index (χ1n) is 11.9. The van der Waals surface area contributed by atoms with Crippen molar-refractivity contribution in [2.75, 3.05) is 13.2 Å². The number of fused-ring (bicyclic) bond motifs is 3. The number of nitrogens with one attached hydrogen (secondary N) is 2. The largest absolute Gasteiger partial charge is 0.508 e. The number of benzene rings is 2. The van der Waals surface area contributed by atoms with Crippen molar-refractivity contribution >= 4 is 41.2 Å². The Morgan fingerprint density at radius 2 is 1.38 bits per heavy atom. The van der Waals surface area contributed by atoms with E-state index in [0.717, 1.165) is 12.1 Å². The Bertz CT molecular complexity index is 1250. The van der Waals surface area contributed by atoms with Crippen LogP contribution < -0.4 is 20.1 Å². The molecule has 13 heteroatoms. The monoisotopic (exact) mass is 585 g/mol. The third-order valence-electron chi connectivity index (χ3n) is 6.96. The molecular formula is C26H25Cl2F2N2O7. The maximum absolute atomic E-state index is 13.7. The van der Waals surface area contributed by atoms with Gasteiger partial charge in [0.1, 0.15) is 36.3 Å². The van der Waals surface area contributed by atoms with E-state index in [-0.39, 0.29) is 34.6 Å². The molecule has 3 fully saturated rings. The van der Waals surface area contributed by atoms with E-state index in [0.29, 0.717) is 25.7 Å². The van der Waals surface area contributed by atoms with Crippen LogP contribution in [0.1, 0.15) is 32.1 Å². The van der Waals surface area contributed by atoms with Gasteiger partial charge in [0.2, 0.25) is 0 Å². The second-order valence-corrected chi connectivity index (χ2v) is 10.3. The highest BCUT2D eigenvalue weighted by Crippen LogP contribution is 2.48. The highest BCUT2D eigenvalue weighted by molar-refractivity contribution is 6.31. The van der Waals surface area contributed by atoms with E-state index in [4.69, 9.17) is 37.4 Å². The van der Waals surface area contributed by atoms with Crippen LogP contribution in [0.3, 0.4) is 0 Å². The van der Waals surface area contributed by atoms with Crippen LogP contribution in [0.25, 0.3) is 0 Å². The molecule has 3 aliphatic carbocycles. The van der Waals surface area contributed by atoms with Gasteiger partial charge in [-0.1, -0.05) is 23.2 Å². The van der Waals surface area contributed by atoms with E-state index in [1.165, 1.54) is 24.3 Å². The van der Waals surface area contributed by atoms with Crippen molar-refractivity contribution in [3.8, 4) is 11.5 Å². The summed E-state index contributed by atoms with van der Waals surface area (Å²) >= 11 is 11.3. The lowest BCUT2D eigenvalue weighted by Gasteiger charge is -2.56. The molecule has 3 saturated carbocycles. The predicted molar refractivity (Wildman–Crippen MR) is 135 cm³/mol. The van der Waals surface area contributed by atoms with Gasteiger partial charge in [-0.05, 0) is 49.9 Å². The Balaban J connectivity index is 1.38. The van der Waals surface area contributed by atoms with E-state index in [2.05, 4.69) is 22.5 Å². The first-order valence-corrected chi connectivity index (χ1v) is 12.7. The van der Waals surface area contributed by atoms with Gasteiger partial charge >= 0.3 is 6.16 Å². The molecule has 209 valence electrons. The average molecular weight is 586 g/mol. The lowest BCUT2D eigenvalue weighted by molar-refractivity contribution is -0.138. The Hall–Kier alpha value is -3.31. The van der Waals surface area contributed by atoms with Crippen LogP contribution in [0, 0.1) is 18.7 Å². The molecule has 1 radical (unpaired) electrons. The second-order valence-electron chi connectivity index (χ2n) is 9.47. The molecule has 3 aliphatic rings. The van der Waals surface area contributed by atoms with Crippen molar-refractivity contribution in [1.29, 1.82) is 0 Å². The molecule has 5 rings (SSSR count). The summed E-state index contributed by atoms with van der Waals surface area (Å²) in [7, 11) is 3.06. The number of halogens is 4. The van der Waals surface area contributed by atoms with Crippen molar-refractivity contribution in [2.45, 2.75) is 49.3 Å². The summed E-state index contributed by atoms with van der Waals surface area (Å²) in [5.41, 5.74) is -1.68. The van der Waals surface area contributed by atoms with Gasteiger partial charge in [-0.25, -0.2) is 13.6 Å². The molecule has 0 spiro atoms. The maximum Gasteiger partial charge on any atom is 0.508 e. The Labute approximate surface area is 233 Å². The van der Waals surface area contributed by atoms with E-state index >= 15 is 0 Å². The SMILES string of the molecule is [CH2]OC(=O)OC1CC2(NC(=O)COc3ccc(Cl)c(F)c3)CCC1(NC(=O)COc1ccc(Cl)c(F)c1)CC2. The third kappa shape index (κ3) is 6.83. The number of carbonyl (C=O) groups excluding carboxylic acids is 3. The van der Waals surface area contributed by atoms with Crippen LogP contribution >= 0.6 is 23.2 Å².